The van der Waals surface area contributed by atoms with Crippen LogP contribution in [0.2, 0.25) is 0 Å². The summed E-state index contributed by atoms with van der Waals surface area (Å²) < 4.78 is 0. The molecule has 2 fully saturated rings. The highest BCUT2D eigenvalue weighted by Gasteiger charge is 2.28. The first-order chi connectivity index (χ1) is 9.83. The summed E-state index contributed by atoms with van der Waals surface area (Å²) in [7, 11) is 0. The fourth-order valence-corrected chi connectivity index (χ4v) is 4.39. The van der Waals surface area contributed by atoms with Gasteiger partial charge in [-0.25, -0.2) is 0 Å². The lowest BCUT2D eigenvalue weighted by Crippen LogP contribution is -2.39. The van der Waals surface area contributed by atoms with E-state index in [1.54, 1.807) is 0 Å². The minimum Gasteiger partial charge on any atom is -0.311 e. The first kappa shape index (κ1) is 14.5. The van der Waals surface area contributed by atoms with Crippen molar-refractivity contribution >= 4 is 11.3 Å². The summed E-state index contributed by atoms with van der Waals surface area (Å²) in [6.45, 7) is 10.8. The molecule has 20 heavy (non-hydrogen) atoms. The maximum atomic E-state index is 3.61. The molecule has 2 aliphatic heterocycles. The van der Waals surface area contributed by atoms with Gasteiger partial charge in [0, 0.05) is 37.1 Å². The van der Waals surface area contributed by atoms with Gasteiger partial charge in [-0.1, -0.05) is 0 Å². The molecule has 1 aromatic rings. The van der Waals surface area contributed by atoms with E-state index in [1.807, 2.05) is 11.3 Å². The van der Waals surface area contributed by atoms with Gasteiger partial charge < -0.3 is 10.2 Å². The van der Waals surface area contributed by atoms with Crippen LogP contribution in [0.15, 0.2) is 11.4 Å². The van der Waals surface area contributed by atoms with Crippen LogP contribution < -0.4 is 5.32 Å². The molecule has 0 bridgehead atoms. The molecule has 0 aromatic carbocycles. The Kier molecular flexibility index (Phi) is 5.10. The molecule has 112 valence electrons. The third-order valence-corrected chi connectivity index (χ3v) is 5.77. The van der Waals surface area contributed by atoms with E-state index >= 15 is 0 Å². The lowest BCUT2D eigenvalue weighted by molar-refractivity contribution is 0.220. The van der Waals surface area contributed by atoms with Gasteiger partial charge in [0.1, 0.15) is 0 Å². The van der Waals surface area contributed by atoms with Crippen LogP contribution in [0.25, 0.3) is 0 Å². The molecule has 1 aromatic heterocycles. The van der Waals surface area contributed by atoms with Crippen LogP contribution in [-0.4, -0.2) is 55.1 Å². The van der Waals surface area contributed by atoms with E-state index in [1.165, 1.54) is 62.4 Å². The zero-order valence-corrected chi connectivity index (χ0v) is 13.4. The number of rotatable bonds is 5. The number of hydrogen-bond donors (Lipinski definition) is 1. The summed E-state index contributed by atoms with van der Waals surface area (Å²) in [6.07, 6.45) is 4.17. The average Bonchev–Trinajstić information content (AvgIpc) is 3.00. The number of fused-ring (bicyclic) bond motifs is 1. The highest BCUT2D eigenvalue weighted by molar-refractivity contribution is 7.10. The largest absolute Gasteiger partial charge is 0.311 e. The number of thiophene rings is 1. The second-order valence-corrected chi connectivity index (χ2v) is 7.19. The molecular weight excluding hydrogens is 266 g/mol. The topological polar surface area (TPSA) is 18.5 Å². The highest BCUT2D eigenvalue weighted by Crippen LogP contribution is 2.21. The molecule has 1 N–H and O–H groups in total. The van der Waals surface area contributed by atoms with Crippen molar-refractivity contribution in [1.29, 1.82) is 0 Å². The van der Waals surface area contributed by atoms with Crippen LogP contribution >= 0.6 is 11.3 Å². The number of nitrogens with zero attached hydrogens (tertiary/aromatic N) is 2. The third-order valence-electron chi connectivity index (χ3n) is 4.75. The summed E-state index contributed by atoms with van der Waals surface area (Å²) in [5.74, 6) is 0. The standard InChI is InChI=1S/C16H27N3S/c1-14-5-11-20-16(14)12-17-6-10-18-7-3-9-19-8-2-4-15(19)13-18/h5,11,15,17H,2-4,6-10,12-13H2,1H3. The summed E-state index contributed by atoms with van der Waals surface area (Å²) in [5.41, 5.74) is 1.43. The van der Waals surface area contributed by atoms with Gasteiger partial charge in [0.05, 0.1) is 0 Å². The molecule has 3 rings (SSSR count). The van der Waals surface area contributed by atoms with Crippen LogP contribution in [-0.2, 0) is 6.54 Å². The fourth-order valence-electron chi connectivity index (χ4n) is 3.51. The van der Waals surface area contributed by atoms with E-state index < -0.39 is 0 Å². The summed E-state index contributed by atoms with van der Waals surface area (Å²) in [4.78, 5) is 6.87. The Bertz CT molecular complexity index is 418. The molecule has 0 spiro atoms. The zero-order valence-electron chi connectivity index (χ0n) is 12.6. The monoisotopic (exact) mass is 293 g/mol. The number of hydrogen-bond acceptors (Lipinski definition) is 4. The van der Waals surface area contributed by atoms with Crippen LogP contribution in [0, 0.1) is 6.92 Å². The van der Waals surface area contributed by atoms with Gasteiger partial charge in [-0.3, -0.25) is 4.90 Å². The molecule has 1 unspecified atom stereocenters. The highest BCUT2D eigenvalue weighted by atomic mass is 32.1. The zero-order chi connectivity index (χ0) is 13.8. The van der Waals surface area contributed by atoms with Gasteiger partial charge in [0.25, 0.3) is 0 Å². The van der Waals surface area contributed by atoms with Crippen LogP contribution in [0.5, 0.6) is 0 Å². The first-order valence-corrected chi connectivity index (χ1v) is 8.91. The van der Waals surface area contributed by atoms with Crippen molar-refractivity contribution in [2.45, 2.75) is 38.8 Å². The summed E-state index contributed by atoms with van der Waals surface area (Å²) >= 11 is 1.87. The Morgan fingerprint density at radius 3 is 3.05 bits per heavy atom. The molecule has 0 saturated carbocycles. The lowest BCUT2D eigenvalue weighted by atomic mass is 10.2. The van der Waals surface area contributed by atoms with Crippen LogP contribution in [0.3, 0.4) is 0 Å². The predicted molar refractivity (Wildman–Crippen MR) is 86.4 cm³/mol. The maximum absolute atomic E-state index is 3.61. The normalized spacial score (nSPS) is 24.8. The van der Waals surface area contributed by atoms with Gasteiger partial charge in [0.15, 0.2) is 0 Å². The van der Waals surface area contributed by atoms with Gasteiger partial charge in [0.2, 0.25) is 0 Å². The molecule has 3 nitrogen and oxygen atoms in total. The summed E-state index contributed by atoms with van der Waals surface area (Å²) in [6, 6.07) is 3.06. The van der Waals surface area contributed by atoms with E-state index in [0.717, 1.165) is 19.1 Å². The minimum absolute atomic E-state index is 0.844. The first-order valence-electron chi connectivity index (χ1n) is 8.03. The maximum Gasteiger partial charge on any atom is 0.0302 e. The van der Waals surface area contributed by atoms with Crippen molar-refractivity contribution in [2.75, 3.05) is 39.3 Å². The molecule has 2 aliphatic rings. The van der Waals surface area contributed by atoms with Gasteiger partial charge in [-0.05, 0) is 62.8 Å². The Labute approximate surface area is 127 Å². The number of nitrogens with one attached hydrogen (secondary N) is 1. The smallest absolute Gasteiger partial charge is 0.0302 e. The van der Waals surface area contributed by atoms with Crippen molar-refractivity contribution in [3.05, 3.63) is 21.9 Å². The quantitative estimate of drug-likeness (QED) is 0.841. The van der Waals surface area contributed by atoms with Crippen molar-refractivity contribution in [3.63, 3.8) is 0 Å². The Morgan fingerprint density at radius 1 is 1.30 bits per heavy atom. The van der Waals surface area contributed by atoms with E-state index in [9.17, 15) is 0 Å². The van der Waals surface area contributed by atoms with Crippen LogP contribution in [0.1, 0.15) is 29.7 Å². The van der Waals surface area contributed by atoms with Crippen molar-refractivity contribution in [1.82, 2.24) is 15.1 Å². The van der Waals surface area contributed by atoms with Gasteiger partial charge >= 0.3 is 0 Å². The predicted octanol–water partition coefficient (Wildman–Crippen LogP) is 2.32. The lowest BCUT2D eigenvalue weighted by Gasteiger charge is -2.25. The Balaban J connectivity index is 1.38. The SMILES string of the molecule is Cc1ccsc1CNCCN1CCCN2CCCC2C1. The molecule has 0 aliphatic carbocycles. The molecule has 1 atom stereocenters. The van der Waals surface area contributed by atoms with Gasteiger partial charge in [-0.15, -0.1) is 11.3 Å². The van der Waals surface area contributed by atoms with Crippen LogP contribution in [0.4, 0.5) is 0 Å². The second kappa shape index (κ2) is 7.03. The average molecular weight is 293 g/mol. The minimum atomic E-state index is 0.844. The second-order valence-electron chi connectivity index (χ2n) is 6.19. The third kappa shape index (κ3) is 3.61. The fraction of sp³-hybridized carbons (Fsp3) is 0.750. The van der Waals surface area contributed by atoms with Crippen molar-refractivity contribution in [2.24, 2.45) is 0 Å². The van der Waals surface area contributed by atoms with Crippen molar-refractivity contribution < 1.29 is 0 Å². The van der Waals surface area contributed by atoms with E-state index in [0.29, 0.717) is 0 Å². The molecule has 0 amide bonds. The van der Waals surface area contributed by atoms with E-state index in [-0.39, 0.29) is 0 Å². The Morgan fingerprint density at radius 2 is 2.20 bits per heavy atom. The molecule has 0 radical (unpaired) electrons. The van der Waals surface area contributed by atoms with E-state index in [2.05, 4.69) is 33.5 Å². The molecule has 4 heteroatoms. The number of aryl methyl sites for hydroxylation is 1. The summed E-state index contributed by atoms with van der Waals surface area (Å²) in [5, 5.41) is 5.80. The molecule has 2 saturated heterocycles. The Hall–Kier alpha value is -0.420. The van der Waals surface area contributed by atoms with E-state index in [4.69, 9.17) is 0 Å². The molecule has 3 heterocycles. The van der Waals surface area contributed by atoms with Gasteiger partial charge in [-0.2, -0.15) is 0 Å². The molecular formula is C16H27N3S. The van der Waals surface area contributed by atoms with Crippen molar-refractivity contribution in [3.8, 4) is 0 Å².